The standard InChI is InChI=1S/C24H30N8/c1-4-7-21(25)24-26-22(14-16(2)3)32(29-24)15-17-10-12-18(13-11-17)19-8-5-6-9-20(19)23-27-30-31-28-23/h5-6,8-13,16,21H,4,7,14-15,25H2,1-3H3,(H,27,28,30,31). The second-order valence-electron chi connectivity index (χ2n) is 8.51. The lowest BCUT2D eigenvalue weighted by atomic mass is 9.98. The number of rotatable bonds is 9. The van der Waals surface area contributed by atoms with E-state index >= 15 is 0 Å². The van der Waals surface area contributed by atoms with Crippen molar-refractivity contribution < 1.29 is 0 Å². The van der Waals surface area contributed by atoms with E-state index in [4.69, 9.17) is 15.8 Å². The summed E-state index contributed by atoms with van der Waals surface area (Å²) in [6.45, 7) is 7.19. The van der Waals surface area contributed by atoms with Gasteiger partial charge in [0.2, 0.25) is 5.82 Å². The van der Waals surface area contributed by atoms with Gasteiger partial charge in [0.25, 0.3) is 0 Å². The summed E-state index contributed by atoms with van der Waals surface area (Å²) >= 11 is 0. The van der Waals surface area contributed by atoms with Crippen LogP contribution in [0, 0.1) is 5.92 Å². The van der Waals surface area contributed by atoms with Crippen LogP contribution in [-0.4, -0.2) is 35.4 Å². The van der Waals surface area contributed by atoms with Crippen molar-refractivity contribution in [2.75, 3.05) is 0 Å². The first-order valence-electron chi connectivity index (χ1n) is 11.2. The third-order valence-electron chi connectivity index (χ3n) is 5.40. The molecule has 0 saturated carbocycles. The molecule has 0 radical (unpaired) electrons. The van der Waals surface area contributed by atoms with Crippen molar-refractivity contribution in [3.8, 4) is 22.5 Å². The molecule has 0 bridgehead atoms. The molecular weight excluding hydrogens is 400 g/mol. The summed E-state index contributed by atoms with van der Waals surface area (Å²) in [6.07, 6.45) is 2.78. The molecule has 166 valence electrons. The van der Waals surface area contributed by atoms with E-state index < -0.39 is 0 Å². The number of H-pyrrole nitrogens is 1. The lowest BCUT2D eigenvalue weighted by molar-refractivity contribution is 0.557. The average molecular weight is 431 g/mol. The third kappa shape index (κ3) is 4.91. The summed E-state index contributed by atoms with van der Waals surface area (Å²) in [5, 5.41) is 19.2. The molecule has 0 aliphatic carbocycles. The maximum absolute atomic E-state index is 6.30. The highest BCUT2D eigenvalue weighted by Gasteiger charge is 2.17. The summed E-state index contributed by atoms with van der Waals surface area (Å²) in [5.74, 6) is 2.82. The lowest BCUT2D eigenvalue weighted by Crippen LogP contribution is -2.12. The smallest absolute Gasteiger partial charge is 0.205 e. The fourth-order valence-corrected chi connectivity index (χ4v) is 3.80. The van der Waals surface area contributed by atoms with Crippen LogP contribution in [0.4, 0.5) is 0 Å². The Labute approximate surface area is 188 Å². The van der Waals surface area contributed by atoms with Crippen LogP contribution in [-0.2, 0) is 13.0 Å². The van der Waals surface area contributed by atoms with Gasteiger partial charge in [-0.05, 0) is 34.2 Å². The molecular formula is C24H30N8. The number of aromatic amines is 1. The predicted octanol–water partition coefficient (Wildman–Crippen LogP) is 4.17. The van der Waals surface area contributed by atoms with Gasteiger partial charge in [-0.25, -0.2) is 9.67 Å². The van der Waals surface area contributed by atoms with Crippen molar-refractivity contribution in [1.82, 2.24) is 35.4 Å². The van der Waals surface area contributed by atoms with Gasteiger partial charge in [0.05, 0.1) is 12.6 Å². The average Bonchev–Trinajstić information content (AvgIpc) is 3.45. The minimum absolute atomic E-state index is 0.115. The fraction of sp³-hybridized carbons (Fsp3) is 0.375. The number of hydrogen-bond donors (Lipinski definition) is 2. The first-order valence-corrected chi connectivity index (χ1v) is 11.2. The van der Waals surface area contributed by atoms with E-state index in [1.165, 1.54) is 0 Å². The number of nitrogens with zero attached hydrogens (tertiary/aromatic N) is 6. The summed E-state index contributed by atoms with van der Waals surface area (Å²) in [7, 11) is 0. The second-order valence-corrected chi connectivity index (χ2v) is 8.51. The molecule has 0 aliphatic rings. The normalized spacial score (nSPS) is 12.4. The molecule has 2 aromatic carbocycles. The fourth-order valence-electron chi connectivity index (χ4n) is 3.80. The Kier molecular flexibility index (Phi) is 6.70. The molecule has 0 saturated heterocycles. The molecule has 4 aromatic rings. The maximum atomic E-state index is 6.30. The summed E-state index contributed by atoms with van der Waals surface area (Å²) in [5.41, 5.74) is 10.6. The van der Waals surface area contributed by atoms with Crippen molar-refractivity contribution in [1.29, 1.82) is 0 Å². The van der Waals surface area contributed by atoms with Gasteiger partial charge in [0.1, 0.15) is 5.82 Å². The molecule has 4 rings (SSSR count). The number of benzene rings is 2. The zero-order chi connectivity index (χ0) is 22.5. The van der Waals surface area contributed by atoms with Crippen LogP contribution in [0.25, 0.3) is 22.5 Å². The predicted molar refractivity (Wildman–Crippen MR) is 125 cm³/mol. The quantitative estimate of drug-likeness (QED) is 0.412. The van der Waals surface area contributed by atoms with E-state index in [1.54, 1.807) is 0 Å². The minimum atomic E-state index is -0.115. The molecule has 0 amide bonds. The van der Waals surface area contributed by atoms with E-state index in [-0.39, 0.29) is 6.04 Å². The molecule has 2 heterocycles. The van der Waals surface area contributed by atoms with Gasteiger partial charge in [-0.2, -0.15) is 10.3 Å². The molecule has 1 unspecified atom stereocenters. The van der Waals surface area contributed by atoms with Crippen LogP contribution >= 0.6 is 0 Å². The highest BCUT2D eigenvalue weighted by molar-refractivity contribution is 5.80. The number of tetrazole rings is 1. The summed E-state index contributed by atoms with van der Waals surface area (Å²) in [4.78, 5) is 4.77. The maximum Gasteiger partial charge on any atom is 0.205 e. The largest absolute Gasteiger partial charge is 0.321 e. The van der Waals surface area contributed by atoms with Crippen molar-refractivity contribution in [2.24, 2.45) is 11.7 Å². The van der Waals surface area contributed by atoms with Gasteiger partial charge in [0, 0.05) is 12.0 Å². The molecule has 2 aromatic heterocycles. The first-order chi connectivity index (χ1) is 15.5. The zero-order valence-corrected chi connectivity index (χ0v) is 18.9. The molecule has 0 spiro atoms. The van der Waals surface area contributed by atoms with Crippen LogP contribution in [0.5, 0.6) is 0 Å². The molecule has 3 N–H and O–H groups in total. The molecule has 8 nitrogen and oxygen atoms in total. The van der Waals surface area contributed by atoms with E-state index in [0.717, 1.165) is 53.2 Å². The van der Waals surface area contributed by atoms with Gasteiger partial charge in [0.15, 0.2) is 5.82 Å². The molecule has 0 aliphatic heterocycles. The van der Waals surface area contributed by atoms with Gasteiger partial charge in [-0.1, -0.05) is 75.7 Å². The van der Waals surface area contributed by atoms with Crippen molar-refractivity contribution in [3.63, 3.8) is 0 Å². The van der Waals surface area contributed by atoms with Crippen molar-refractivity contribution >= 4 is 0 Å². The van der Waals surface area contributed by atoms with Crippen molar-refractivity contribution in [3.05, 3.63) is 65.7 Å². The third-order valence-corrected chi connectivity index (χ3v) is 5.40. The van der Waals surface area contributed by atoms with Gasteiger partial charge in [-0.15, -0.1) is 10.2 Å². The van der Waals surface area contributed by atoms with Crippen LogP contribution in [0.3, 0.4) is 0 Å². The Balaban J connectivity index is 1.59. The first kappa shape index (κ1) is 21.8. The van der Waals surface area contributed by atoms with Gasteiger partial charge < -0.3 is 5.73 Å². The van der Waals surface area contributed by atoms with E-state index in [0.29, 0.717) is 18.3 Å². The SMILES string of the molecule is CCCC(N)c1nc(CC(C)C)n(Cc2ccc(-c3ccccc3-c3nn[nH]n3)cc2)n1. The summed E-state index contributed by atoms with van der Waals surface area (Å²) < 4.78 is 2.01. The van der Waals surface area contributed by atoms with E-state index in [2.05, 4.69) is 71.7 Å². The van der Waals surface area contributed by atoms with E-state index in [9.17, 15) is 0 Å². The molecule has 32 heavy (non-hydrogen) atoms. The van der Waals surface area contributed by atoms with Crippen LogP contribution in [0.15, 0.2) is 48.5 Å². The monoisotopic (exact) mass is 430 g/mol. The lowest BCUT2D eigenvalue weighted by Gasteiger charge is -2.10. The Hall–Kier alpha value is -3.39. The Morgan fingerprint density at radius 1 is 1.03 bits per heavy atom. The Bertz CT molecular complexity index is 1130. The minimum Gasteiger partial charge on any atom is -0.321 e. The Morgan fingerprint density at radius 3 is 2.44 bits per heavy atom. The number of nitrogens with two attached hydrogens (primary N) is 1. The van der Waals surface area contributed by atoms with E-state index in [1.807, 2.05) is 22.9 Å². The van der Waals surface area contributed by atoms with Crippen molar-refractivity contribution in [2.45, 2.75) is 52.6 Å². The highest BCUT2D eigenvalue weighted by atomic mass is 15.5. The zero-order valence-electron chi connectivity index (χ0n) is 18.9. The van der Waals surface area contributed by atoms with Gasteiger partial charge in [-0.3, -0.25) is 0 Å². The topological polar surface area (TPSA) is 111 Å². The van der Waals surface area contributed by atoms with Crippen LogP contribution in [0.2, 0.25) is 0 Å². The highest BCUT2D eigenvalue weighted by Crippen LogP contribution is 2.29. The number of nitrogens with one attached hydrogen (secondary N) is 1. The van der Waals surface area contributed by atoms with Crippen LogP contribution < -0.4 is 5.73 Å². The number of aromatic nitrogens is 7. The van der Waals surface area contributed by atoms with Gasteiger partial charge >= 0.3 is 0 Å². The molecule has 0 fully saturated rings. The second kappa shape index (κ2) is 9.82. The summed E-state index contributed by atoms with van der Waals surface area (Å²) in [6, 6.07) is 16.5. The molecule has 8 heteroatoms. The Morgan fingerprint density at radius 2 is 1.78 bits per heavy atom. The molecule has 1 atom stereocenters. The number of hydrogen-bond acceptors (Lipinski definition) is 6. The van der Waals surface area contributed by atoms with Crippen LogP contribution in [0.1, 0.15) is 56.9 Å².